The van der Waals surface area contributed by atoms with Crippen LogP contribution < -0.4 is 5.32 Å². The molecule has 2 aromatic rings. The van der Waals surface area contributed by atoms with E-state index in [9.17, 15) is 9.90 Å². The minimum absolute atomic E-state index is 0.216. The highest BCUT2D eigenvalue weighted by Gasteiger charge is 2.23. The van der Waals surface area contributed by atoms with Crippen molar-refractivity contribution in [2.75, 3.05) is 6.54 Å². The lowest BCUT2D eigenvalue weighted by Crippen LogP contribution is -2.42. The summed E-state index contributed by atoms with van der Waals surface area (Å²) in [6, 6.07) is 0. The van der Waals surface area contributed by atoms with Crippen LogP contribution in [-0.2, 0) is 0 Å². The molecule has 108 valence electrons. The van der Waals surface area contributed by atoms with Gasteiger partial charge in [0, 0.05) is 12.7 Å². The maximum absolute atomic E-state index is 12.2. The predicted octanol–water partition coefficient (Wildman–Crippen LogP) is 0.714. The van der Waals surface area contributed by atoms with Gasteiger partial charge in [-0.05, 0) is 19.8 Å². The lowest BCUT2D eigenvalue weighted by Gasteiger charge is -2.25. The van der Waals surface area contributed by atoms with Gasteiger partial charge < -0.3 is 10.4 Å². The summed E-state index contributed by atoms with van der Waals surface area (Å²) in [7, 11) is 0. The number of hydrogen-bond acceptors (Lipinski definition) is 5. The number of rotatable bonds is 5. The average molecular weight is 277 g/mol. The quantitative estimate of drug-likeness (QED) is 0.840. The fraction of sp³-hybridized carbons (Fsp3) is 0.538. The first-order valence-corrected chi connectivity index (χ1v) is 6.66. The first-order chi connectivity index (χ1) is 9.50. The van der Waals surface area contributed by atoms with Crippen molar-refractivity contribution >= 4 is 11.7 Å². The van der Waals surface area contributed by atoms with Gasteiger partial charge in [-0.25, -0.2) is 9.50 Å². The van der Waals surface area contributed by atoms with Gasteiger partial charge in [-0.1, -0.05) is 13.8 Å². The fourth-order valence-electron chi connectivity index (χ4n) is 1.95. The van der Waals surface area contributed by atoms with Gasteiger partial charge >= 0.3 is 0 Å². The molecule has 2 N–H and O–H groups in total. The summed E-state index contributed by atoms with van der Waals surface area (Å²) in [6.45, 7) is 5.78. The van der Waals surface area contributed by atoms with Crippen LogP contribution in [0, 0.1) is 6.92 Å². The van der Waals surface area contributed by atoms with Crippen LogP contribution in [0.1, 0.15) is 42.7 Å². The Labute approximate surface area is 117 Å². The maximum Gasteiger partial charge on any atom is 0.254 e. The first kappa shape index (κ1) is 14.4. The summed E-state index contributed by atoms with van der Waals surface area (Å²) >= 11 is 0. The number of aryl methyl sites for hydroxylation is 1. The molecular weight excluding hydrogens is 258 g/mol. The van der Waals surface area contributed by atoms with Crippen LogP contribution in [0.2, 0.25) is 0 Å². The lowest BCUT2D eigenvalue weighted by molar-refractivity contribution is 0.0313. The molecule has 0 saturated carbocycles. The summed E-state index contributed by atoms with van der Waals surface area (Å²) in [6.07, 6.45) is 4.04. The highest BCUT2D eigenvalue weighted by atomic mass is 16.3. The van der Waals surface area contributed by atoms with Crippen molar-refractivity contribution < 1.29 is 9.90 Å². The second-order valence-electron chi connectivity index (χ2n) is 4.84. The summed E-state index contributed by atoms with van der Waals surface area (Å²) in [4.78, 5) is 20.2. The summed E-state index contributed by atoms with van der Waals surface area (Å²) in [5.74, 6) is 0.186. The lowest BCUT2D eigenvalue weighted by atomic mass is 9.97. The molecule has 0 atom stereocenters. The monoisotopic (exact) mass is 277 g/mol. The zero-order valence-electron chi connectivity index (χ0n) is 11.9. The van der Waals surface area contributed by atoms with Crippen LogP contribution in [0.5, 0.6) is 0 Å². The van der Waals surface area contributed by atoms with Gasteiger partial charge in [0.05, 0.1) is 16.9 Å². The Hall–Kier alpha value is -2.02. The first-order valence-electron chi connectivity index (χ1n) is 6.66. The minimum atomic E-state index is -0.867. The molecule has 0 radical (unpaired) electrons. The molecular formula is C13H19N5O2. The molecule has 0 bridgehead atoms. The Morgan fingerprint density at radius 1 is 1.40 bits per heavy atom. The van der Waals surface area contributed by atoms with E-state index >= 15 is 0 Å². The Bertz CT molecular complexity index is 618. The van der Waals surface area contributed by atoms with Crippen LogP contribution >= 0.6 is 0 Å². The van der Waals surface area contributed by atoms with Crippen LogP contribution in [0.3, 0.4) is 0 Å². The number of amides is 1. The Kier molecular flexibility index (Phi) is 3.99. The third kappa shape index (κ3) is 2.62. The maximum atomic E-state index is 12.2. The SMILES string of the molecule is CCC(O)(CC)CNC(=O)c1cnc2ncnn2c1C. The van der Waals surface area contributed by atoms with Gasteiger partial charge in [-0.2, -0.15) is 10.1 Å². The zero-order valence-corrected chi connectivity index (χ0v) is 11.9. The molecule has 2 heterocycles. The second-order valence-corrected chi connectivity index (χ2v) is 4.84. The van der Waals surface area contributed by atoms with Gasteiger partial charge in [0.2, 0.25) is 0 Å². The van der Waals surface area contributed by atoms with Gasteiger partial charge in [0.25, 0.3) is 11.7 Å². The number of nitrogens with zero attached hydrogens (tertiary/aromatic N) is 4. The molecule has 2 rings (SSSR count). The number of nitrogens with one attached hydrogen (secondary N) is 1. The predicted molar refractivity (Wildman–Crippen MR) is 73.4 cm³/mol. The van der Waals surface area contributed by atoms with E-state index in [1.807, 2.05) is 13.8 Å². The molecule has 0 spiro atoms. The number of fused-ring (bicyclic) bond motifs is 1. The highest BCUT2D eigenvalue weighted by molar-refractivity contribution is 5.95. The Balaban J connectivity index is 2.17. The second kappa shape index (κ2) is 5.54. The van der Waals surface area contributed by atoms with Crippen LogP contribution in [0.15, 0.2) is 12.5 Å². The average Bonchev–Trinajstić information content (AvgIpc) is 2.94. The van der Waals surface area contributed by atoms with Gasteiger partial charge in [-0.3, -0.25) is 4.79 Å². The molecule has 7 heteroatoms. The van der Waals surface area contributed by atoms with Crippen molar-refractivity contribution in [3.8, 4) is 0 Å². The molecule has 20 heavy (non-hydrogen) atoms. The largest absolute Gasteiger partial charge is 0.388 e. The molecule has 0 aromatic carbocycles. The van der Waals surface area contributed by atoms with E-state index in [-0.39, 0.29) is 12.5 Å². The van der Waals surface area contributed by atoms with Crippen LogP contribution in [0.4, 0.5) is 0 Å². The van der Waals surface area contributed by atoms with E-state index in [1.165, 1.54) is 17.0 Å². The van der Waals surface area contributed by atoms with E-state index in [4.69, 9.17) is 0 Å². The van der Waals surface area contributed by atoms with E-state index in [0.717, 1.165) is 0 Å². The topological polar surface area (TPSA) is 92.4 Å². The normalized spacial score (nSPS) is 11.8. The Morgan fingerprint density at radius 3 is 2.75 bits per heavy atom. The summed E-state index contributed by atoms with van der Waals surface area (Å²) in [5.41, 5.74) is 0.230. The van der Waals surface area contributed by atoms with E-state index in [0.29, 0.717) is 29.9 Å². The third-order valence-electron chi connectivity index (χ3n) is 3.69. The smallest absolute Gasteiger partial charge is 0.254 e. The van der Waals surface area contributed by atoms with Crippen molar-refractivity contribution in [1.82, 2.24) is 24.9 Å². The molecule has 1 amide bonds. The van der Waals surface area contributed by atoms with Crippen molar-refractivity contribution in [2.24, 2.45) is 0 Å². The molecule has 0 saturated heterocycles. The molecule has 2 aromatic heterocycles. The molecule has 0 fully saturated rings. The number of carbonyl (C=O) groups excluding carboxylic acids is 1. The van der Waals surface area contributed by atoms with Crippen molar-refractivity contribution in [1.29, 1.82) is 0 Å². The number of hydrogen-bond donors (Lipinski definition) is 2. The van der Waals surface area contributed by atoms with E-state index in [2.05, 4.69) is 20.4 Å². The number of carbonyl (C=O) groups is 1. The standard InChI is InChI=1S/C13H19N5O2/c1-4-13(20,5-2)7-15-11(19)10-6-14-12-16-8-17-18(12)9(10)3/h6,8,20H,4-5,7H2,1-3H3,(H,15,19). The summed E-state index contributed by atoms with van der Waals surface area (Å²) in [5, 5.41) is 16.9. The van der Waals surface area contributed by atoms with E-state index in [1.54, 1.807) is 6.92 Å². The molecule has 7 nitrogen and oxygen atoms in total. The molecule has 0 unspecified atom stereocenters. The third-order valence-corrected chi connectivity index (χ3v) is 3.69. The van der Waals surface area contributed by atoms with Crippen molar-refractivity contribution in [2.45, 2.75) is 39.2 Å². The fourth-order valence-corrected chi connectivity index (χ4v) is 1.95. The van der Waals surface area contributed by atoms with Gasteiger partial charge in [0.1, 0.15) is 6.33 Å². The molecule has 0 aliphatic heterocycles. The minimum Gasteiger partial charge on any atom is -0.388 e. The zero-order chi connectivity index (χ0) is 14.8. The highest BCUT2D eigenvalue weighted by Crippen LogP contribution is 2.14. The summed E-state index contributed by atoms with van der Waals surface area (Å²) < 4.78 is 1.51. The van der Waals surface area contributed by atoms with Gasteiger partial charge in [-0.15, -0.1) is 0 Å². The Morgan fingerprint density at radius 2 is 2.10 bits per heavy atom. The molecule has 0 aliphatic carbocycles. The van der Waals surface area contributed by atoms with Crippen LogP contribution in [-0.4, -0.2) is 42.7 Å². The van der Waals surface area contributed by atoms with E-state index < -0.39 is 5.60 Å². The van der Waals surface area contributed by atoms with Crippen LogP contribution in [0.25, 0.3) is 5.78 Å². The van der Waals surface area contributed by atoms with Gasteiger partial charge in [0.15, 0.2) is 0 Å². The van der Waals surface area contributed by atoms with Crippen molar-refractivity contribution in [3.05, 3.63) is 23.8 Å². The van der Waals surface area contributed by atoms with Crippen molar-refractivity contribution in [3.63, 3.8) is 0 Å². The number of aromatic nitrogens is 4. The molecule has 0 aliphatic rings. The number of aliphatic hydroxyl groups is 1.